The van der Waals surface area contributed by atoms with Crippen LogP contribution in [0.15, 0.2) is 47.5 Å². The third-order valence-electron chi connectivity index (χ3n) is 4.01. The summed E-state index contributed by atoms with van der Waals surface area (Å²) in [5, 5.41) is 0.592. The SMILES string of the molecule is O=c1[nH]c(-c2ccc(N3CCOCC3)nc2)cc2ncccc12. The number of anilines is 1. The second-order valence-corrected chi connectivity index (χ2v) is 5.45. The summed E-state index contributed by atoms with van der Waals surface area (Å²) in [6, 6.07) is 9.35. The lowest BCUT2D eigenvalue weighted by molar-refractivity contribution is 0.122. The number of aromatic nitrogens is 3. The van der Waals surface area contributed by atoms with Crippen molar-refractivity contribution < 1.29 is 4.74 Å². The van der Waals surface area contributed by atoms with Crippen molar-refractivity contribution in [1.29, 1.82) is 0 Å². The number of nitrogens with zero attached hydrogens (tertiary/aromatic N) is 3. The summed E-state index contributed by atoms with van der Waals surface area (Å²) < 4.78 is 5.35. The predicted molar refractivity (Wildman–Crippen MR) is 88.6 cm³/mol. The minimum atomic E-state index is -0.136. The van der Waals surface area contributed by atoms with Crippen LogP contribution in [-0.4, -0.2) is 41.3 Å². The van der Waals surface area contributed by atoms with Gasteiger partial charge in [0.1, 0.15) is 5.82 Å². The van der Waals surface area contributed by atoms with Crippen LogP contribution in [0.1, 0.15) is 0 Å². The van der Waals surface area contributed by atoms with E-state index in [1.54, 1.807) is 24.5 Å². The number of rotatable bonds is 2. The fourth-order valence-corrected chi connectivity index (χ4v) is 2.77. The number of ether oxygens (including phenoxy) is 1. The fraction of sp³-hybridized carbons (Fsp3) is 0.235. The second-order valence-electron chi connectivity index (χ2n) is 5.45. The van der Waals surface area contributed by atoms with Crippen molar-refractivity contribution in [3.63, 3.8) is 0 Å². The lowest BCUT2D eigenvalue weighted by atomic mass is 10.1. The Balaban J connectivity index is 1.69. The standard InChI is InChI=1S/C17H16N4O2/c22-17-13-2-1-5-18-15(13)10-14(20-17)12-3-4-16(19-11-12)21-6-8-23-9-7-21/h1-5,10-11H,6-9H2,(H,20,22). The van der Waals surface area contributed by atoms with Crippen LogP contribution in [0, 0.1) is 0 Å². The van der Waals surface area contributed by atoms with Crippen molar-refractivity contribution in [3.8, 4) is 11.3 Å². The van der Waals surface area contributed by atoms with Crippen LogP contribution in [0.4, 0.5) is 5.82 Å². The summed E-state index contributed by atoms with van der Waals surface area (Å²) in [4.78, 5) is 26.0. The second kappa shape index (κ2) is 5.81. The first-order valence-electron chi connectivity index (χ1n) is 7.58. The van der Waals surface area contributed by atoms with Gasteiger partial charge in [-0.05, 0) is 30.3 Å². The van der Waals surface area contributed by atoms with E-state index in [0.29, 0.717) is 10.9 Å². The van der Waals surface area contributed by atoms with Gasteiger partial charge in [0, 0.05) is 31.0 Å². The normalized spacial score (nSPS) is 15.0. The molecular weight excluding hydrogens is 292 g/mol. The van der Waals surface area contributed by atoms with Gasteiger partial charge in [0.05, 0.1) is 29.8 Å². The number of H-pyrrole nitrogens is 1. The maximum Gasteiger partial charge on any atom is 0.257 e. The summed E-state index contributed by atoms with van der Waals surface area (Å²) in [7, 11) is 0. The molecule has 4 rings (SSSR count). The van der Waals surface area contributed by atoms with E-state index < -0.39 is 0 Å². The highest BCUT2D eigenvalue weighted by atomic mass is 16.5. The monoisotopic (exact) mass is 308 g/mol. The van der Waals surface area contributed by atoms with Crippen LogP contribution in [0.2, 0.25) is 0 Å². The van der Waals surface area contributed by atoms with Crippen LogP contribution in [0.5, 0.6) is 0 Å². The molecule has 23 heavy (non-hydrogen) atoms. The number of pyridine rings is 3. The zero-order valence-corrected chi connectivity index (χ0v) is 12.5. The summed E-state index contributed by atoms with van der Waals surface area (Å²) in [6.07, 6.45) is 3.47. The molecule has 0 bridgehead atoms. The largest absolute Gasteiger partial charge is 0.378 e. The van der Waals surface area contributed by atoms with Crippen molar-refractivity contribution in [1.82, 2.24) is 15.0 Å². The Morgan fingerprint density at radius 2 is 2.00 bits per heavy atom. The summed E-state index contributed by atoms with van der Waals surface area (Å²) in [6.45, 7) is 3.16. The summed E-state index contributed by atoms with van der Waals surface area (Å²) in [5.41, 5.74) is 2.14. The van der Waals surface area contributed by atoms with Crippen molar-refractivity contribution in [2.75, 3.05) is 31.2 Å². The molecule has 1 saturated heterocycles. The van der Waals surface area contributed by atoms with Crippen molar-refractivity contribution in [2.45, 2.75) is 0 Å². The smallest absolute Gasteiger partial charge is 0.257 e. The lowest BCUT2D eigenvalue weighted by Crippen LogP contribution is -2.36. The van der Waals surface area contributed by atoms with Crippen molar-refractivity contribution in [3.05, 3.63) is 53.1 Å². The van der Waals surface area contributed by atoms with E-state index in [2.05, 4.69) is 19.9 Å². The Morgan fingerprint density at radius 1 is 1.13 bits per heavy atom. The highest BCUT2D eigenvalue weighted by Gasteiger charge is 2.12. The summed E-state index contributed by atoms with van der Waals surface area (Å²) in [5.74, 6) is 0.929. The summed E-state index contributed by atoms with van der Waals surface area (Å²) >= 11 is 0. The van der Waals surface area contributed by atoms with Gasteiger partial charge in [-0.1, -0.05) is 0 Å². The number of hydrogen-bond donors (Lipinski definition) is 1. The van der Waals surface area contributed by atoms with Gasteiger partial charge in [-0.15, -0.1) is 0 Å². The molecule has 3 aromatic heterocycles. The molecule has 1 fully saturated rings. The Bertz CT molecular complexity index is 883. The quantitative estimate of drug-likeness (QED) is 0.782. The zero-order valence-electron chi connectivity index (χ0n) is 12.5. The maximum absolute atomic E-state index is 12.1. The molecule has 0 aromatic carbocycles. The van der Waals surface area contributed by atoms with E-state index in [0.717, 1.165) is 43.4 Å². The first kappa shape index (κ1) is 13.9. The van der Waals surface area contributed by atoms with E-state index in [4.69, 9.17) is 4.74 Å². The van der Waals surface area contributed by atoms with Crippen molar-refractivity contribution in [2.24, 2.45) is 0 Å². The third kappa shape index (κ3) is 2.68. The molecule has 0 saturated carbocycles. The fourth-order valence-electron chi connectivity index (χ4n) is 2.77. The van der Waals surface area contributed by atoms with Gasteiger partial charge >= 0.3 is 0 Å². The molecular formula is C17H16N4O2. The van der Waals surface area contributed by atoms with Gasteiger partial charge < -0.3 is 14.6 Å². The Kier molecular flexibility index (Phi) is 3.51. The van der Waals surface area contributed by atoms with Crippen LogP contribution in [0.25, 0.3) is 22.2 Å². The molecule has 0 unspecified atom stereocenters. The van der Waals surface area contributed by atoms with Gasteiger partial charge in [0.2, 0.25) is 0 Å². The van der Waals surface area contributed by atoms with Gasteiger partial charge in [-0.25, -0.2) is 4.98 Å². The molecule has 4 heterocycles. The van der Waals surface area contributed by atoms with Gasteiger partial charge in [-0.2, -0.15) is 0 Å². The van der Waals surface area contributed by atoms with Crippen LogP contribution < -0.4 is 10.5 Å². The molecule has 0 radical (unpaired) electrons. The maximum atomic E-state index is 12.1. The predicted octanol–water partition coefficient (Wildman–Crippen LogP) is 1.82. The van der Waals surface area contributed by atoms with Crippen molar-refractivity contribution >= 4 is 16.7 Å². The number of morpholine rings is 1. The molecule has 6 nitrogen and oxygen atoms in total. The highest BCUT2D eigenvalue weighted by molar-refractivity contribution is 5.81. The van der Waals surface area contributed by atoms with E-state index in [1.807, 2.05) is 18.2 Å². The van der Waals surface area contributed by atoms with Gasteiger partial charge in [0.25, 0.3) is 5.56 Å². The van der Waals surface area contributed by atoms with Gasteiger partial charge in [0.15, 0.2) is 0 Å². The van der Waals surface area contributed by atoms with E-state index in [-0.39, 0.29) is 5.56 Å². The number of nitrogens with one attached hydrogen (secondary N) is 1. The first-order chi connectivity index (χ1) is 11.3. The number of hydrogen-bond acceptors (Lipinski definition) is 5. The number of fused-ring (bicyclic) bond motifs is 1. The topological polar surface area (TPSA) is 71.1 Å². The zero-order chi connectivity index (χ0) is 15.6. The van der Waals surface area contributed by atoms with Crippen LogP contribution >= 0.6 is 0 Å². The first-order valence-corrected chi connectivity index (χ1v) is 7.58. The molecule has 0 atom stereocenters. The Hall–Kier alpha value is -2.73. The lowest BCUT2D eigenvalue weighted by Gasteiger charge is -2.27. The average Bonchev–Trinajstić information content (AvgIpc) is 2.63. The van der Waals surface area contributed by atoms with Gasteiger partial charge in [-0.3, -0.25) is 9.78 Å². The minimum absolute atomic E-state index is 0.136. The van der Waals surface area contributed by atoms with E-state index in [9.17, 15) is 4.79 Å². The highest BCUT2D eigenvalue weighted by Crippen LogP contribution is 2.21. The molecule has 0 spiro atoms. The molecule has 116 valence electrons. The number of aromatic amines is 1. The Labute approximate surface area is 132 Å². The third-order valence-corrected chi connectivity index (χ3v) is 4.01. The Morgan fingerprint density at radius 3 is 2.78 bits per heavy atom. The minimum Gasteiger partial charge on any atom is -0.378 e. The molecule has 1 N–H and O–H groups in total. The molecule has 0 amide bonds. The van der Waals surface area contributed by atoms with Crippen LogP contribution in [0.3, 0.4) is 0 Å². The van der Waals surface area contributed by atoms with E-state index in [1.165, 1.54) is 0 Å². The molecule has 1 aliphatic heterocycles. The molecule has 0 aliphatic carbocycles. The molecule has 3 aromatic rings. The van der Waals surface area contributed by atoms with Crippen LogP contribution in [-0.2, 0) is 4.74 Å². The molecule has 1 aliphatic rings. The van der Waals surface area contributed by atoms with E-state index >= 15 is 0 Å². The average molecular weight is 308 g/mol. The molecule has 6 heteroatoms.